The van der Waals surface area contributed by atoms with E-state index < -0.39 is 6.17 Å². The molecule has 3 heteroatoms. The molecule has 2 atom stereocenters. The highest BCUT2D eigenvalue weighted by molar-refractivity contribution is 4.81. The van der Waals surface area contributed by atoms with Gasteiger partial charge in [-0.3, -0.25) is 0 Å². The average Bonchev–Trinajstić information content (AvgIpc) is 2.14. The van der Waals surface area contributed by atoms with Crippen molar-refractivity contribution in [3.8, 4) is 0 Å². The molecule has 0 spiro atoms. The number of nitrogens with one attached hydrogen (secondary N) is 1. The Balaban J connectivity index is 2.22. The number of rotatable bonds is 1. The van der Waals surface area contributed by atoms with E-state index in [1.165, 1.54) is 0 Å². The van der Waals surface area contributed by atoms with Crippen LogP contribution in [0.4, 0.5) is 4.39 Å². The lowest BCUT2D eigenvalue weighted by molar-refractivity contribution is 0.355. The molecule has 1 rings (SSSR count). The van der Waals surface area contributed by atoms with Crippen LogP contribution >= 0.6 is 0 Å². The molecule has 2 nitrogen and oxygen atoms in total. The van der Waals surface area contributed by atoms with E-state index in [4.69, 9.17) is 5.73 Å². The highest BCUT2D eigenvalue weighted by Crippen LogP contribution is 2.07. The Kier molecular flexibility index (Phi) is 1.81. The Bertz CT molecular complexity index is 76.8. The second kappa shape index (κ2) is 2.42. The van der Waals surface area contributed by atoms with Crippen LogP contribution in [0.2, 0.25) is 0 Å². The SMILES string of the molecule is NCC1CC(F)CN1. The van der Waals surface area contributed by atoms with E-state index >= 15 is 0 Å². The van der Waals surface area contributed by atoms with Crippen molar-refractivity contribution in [3.05, 3.63) is 0 Å². The van der Waals surface area contributed by atoms with Gasteiger partial charge < -0.3 is 11.1 Å². The fourth-order valence-electron chi connectivity index (χ4n) is 0.949. The summed E-state index contributed by atoms with van der Waals surface area (Å²) in [7, 11) is 0. The summed E-state index contributed by atoms with van der Waals surface area (Å²) in [6.07, 6.45) is -0.0696. The third-order valence-electron chi connectivity index (χ3n) is 1.45. The van der Waals surface area contributed by atoms with Crippen LogP contribution in [-0.2, 0) is 0 Å². The first-order valence-electron chi connectivity index (χ1n) is 2.90. The van der Waals surface area contributed by atoms with Crippen molar-refractivity contribution in [2.75, 3.05) is 13.1 Å². The molecule has 2 unspecified atom stereocenters. The quantitative estimate of drug-likeness (QED) is 0.493. The fraction of sp³-hybridized carbons (Fsp3) is 1.00. The lowest BCUT2D eigenvalue weighted by atomic mass is 10.2. The summed E-state index contributed by atoms with van der Waals surface area (Å²) >= 11 is 0. The molecule has 3 N–H and O–H groups in total. The van der Waals surface area contributed by atoms with Gasteiger partial charge in [-0.1, -0.05) is 0 Å². The molecule has 1 aliphatic heterocycles. The predicted molar refractivity (Wildman–Crippen MR) is 30.4 cm³/mol. The van der Waals surface area contributed by atoms with Crippen molar-refractivity contribution in [1.82, 2.24) is 5.32 Å². The molecule has 1 fully saturated rings. The molecule has 1 aliphatic rings. The molecule has 0 aliphatic carbocycles. The first-order chi connectivity index (χ1) is 3.83. The Morgan fingerprint density at radius 1 is 1.75 bits per heavy atom. The van der Waals surface area contributed by atoms with Gasteiger partial charge >= 0.3 is 0 Å². The number of hydrogen-bond donors (Lipinski definition) is 2. The predicted octanol–water partition coefficient (Wildman–Crippen LogP) is -0.355. The smallest absolute Gasteiger partial charge is 0.114 e. The lowest BCUT2D eigenvalue weighted by Crippen LogP contribution is -2.29. The zero-order valence-corrected chi connectivity index (χ0v) is 4.73. The van der Waals surface area contributed by atoms with E-state index in [-0.39, 0.29) is 6.04 Å². The van der Waals surface area contributed by atoms with Gasteiger partial charge in [-0.2, -0.15) is 0 Å². The van der Waals surface area contributed by atoms with E-state index in [1.54, 1.807) is 0 Å². The monoisotopic (exact) mass is 118 g/mol. The zero-order chi connectivity index (χ0) is 5.98. The van der Waals surface area contributed by atoms with Crippen molar-refractivity contribution >= 4 is 0 Å². The molecule has 0 aromatic carbocycles. The second-order valence-corrected chi connectivity index (χ2v) is 2.17. The zero-order valence-electron chi connectivity index (χ0n) is 4.73. The maximum absolute atomic E-state index is 12.2. The number of alkyl halides is 1. The van der Waals surface area contributed by atoms with Gasteiger partial charge in [0.1, 0.15) is 6.17 Å². The molecule has 1 saturated heterocycles. The summed E-state index contributed by atoms with van der Waals surface area (Å²) < 4.78 is 12.2. The fourth-order valence-corrected chi connectivity index (χ4v) is 0.949. The van der Waals surface area contributed by atoms with Crippen LogP contribution in [0.1, 0.15) is 6.42 Å². The first kappa shape index (κ1) is 5.98. The minimum absolute atomic E-state index is 0.227. The highest BCUT2D eigenvalue weighted by Gasteiger charge is 2.21. The second-order valence-electron chi connectivity index (χ2n) is 2.17. The van der Waals surface area contributed by atoms with E-state index in [9.17, 15) is 4.39 Å². The van der Waals surface area contributed by atoms with E-state index in [0.717, 1.165) is 0 Å². The Labute approximate surface area is 48.2 Å². The van der Waals surface area contributed by atoms with Crippen molar-refractivity contribution in [3.63, 3.8) is 0 Å². The van der Waals surface area contributed by atoms with Crippen molar-refractivity contribution < 1.29 is 4.39 Å². The topological polar surface area (TPSA) is 38.0 Å². The van der Waals surface area contributed by atoms with Gasteiger partial charge in [0, 0.05) is 19.1 Å². The van der Waals surface area contributed by atoms with Crippen LogP contribution in [0.5, 0.6) is 0 Å². The minimum Gasteiger partial charge on any atom is -0.329 e. The summed E-state index contributed by atoms with van der Waals surface area (Å²) in [4.78, 5) is 0. The summed E-state index contributed by atoms with van der Waals surface area (Å²) in [5.74, 6) is 0. The standard InChI is InChI=1S/C5H11FN2/c6-4-1-5(2-7)8-3-4/h4-5,8H,1-3,7H2. The largest absolute Gasteiger partial charge is 0.329 e. The van der Waals surface area contributed by atoms with Gasteiger partial charge in [-0.25, -0.2) is 4.39 Å². The number of hydrogen-bond acceptors (Lipinski definition) is 2. The van der Waals surface area contributed by atoms with Crippen LogP contribution < -0.4 is 11.1 Å². The van der Waals surface area contributed by atoms with Crippen molar-refractivity contribution in [2.24, 2.45) is 5.73 Å². The molecule has 0 aromatic heterocycles. The summed E-state index contributed by atoms with van der Waals surface area (Å²) in [5, 5.41) is 2.96. The van der Waals surface area contributed by atoms with Crippen LogP contribution in [0.3, 0.4) is 0 Å². The molecule has 0 aromatic rings. The number of nitrogens with two attached hydrogens (primary N) is 1. The van der Waals surface area contributed by atoms with E-state index in [0.29, 0.717) is 19.5 Å². The van der Waals surface area contributed by atoms with Crippen LogP contribution in [-0.4, -0.2) is 25.3 Å². The van der Waals surface area contributed by atoms with Gasteiger partial charge in [0.25, 0.3) is 0 Å². The van der Waals surface area contributed by atoms with E-state index in [1.807, 2.05) is 0 Å². The van der Waals surface area contributed by atoms with Crippen molar-refractivity contribution in [1.29, 1.82) is 0 Å². The molecule has 1 heterocycles. The minimum atomic E-state index is -0.663. The third kappa shape index (κ3) is 1.17. The molecule has 0 radical (unpaired) electrons. The summed E-state index contributed by atoms with van der Waals surface area (Å²) in [5.41, 5.74) is 5.27. The normalized spacial score (nSPS) is 38.2. The molecule has 0 amide bonds. The molecule has 0 saturated carbocycles. The van der Waals surface area contributed by atoms with Gasteiger partial charge in [0.15, 0.2) is 0 Å². The molecule has 48 valence electrons. The summed E-state index contributed by atoms with van der Waals surface area (Å²) in [6, 6.07) is 0.227. The Morgan fingerprint density at radius 3 is 2.75 bits per heavy atom. The number of halogens is 1. The van der Waals surface area contributed by atoms with Gasteiger partial charge in [-0.15, -0.1) is 0 Å². The molecule has 8 heavy (non-hydrogen) atoms. The first-order valence-corrected chi connectivity index (χ1v) is 2.90. The van der Waals surface area contributed by atoms with Crippen LogP contribution in [0.15, 0.2) is 0 Å². The Morgan fingerprint density at radius 2 is 2.50 bits per heavy atom. The van der Waals surface area contributed by atoms with Gasteiger partial charge in [0.2, 0.25) is 0 Å². The third-order valence-corrected chi connectivity index (χ3v) is 1.45. The highest BCUT2D eigenvalue weighted by atomic mass is 19.1. The molecule has 0 bridgehead atoms. The van der Waals surface area contributed by atoms with Gasteiger partial charge in [-0.05, 0) is 6.42 Å². The van der Waals surface area contributed by atoms with Crippen LogP contribution in [0.25, 0.3) is 0 Å². The van der Waals surface area contributed by atoms with Gasteiger partial charge in [0.05, 0.1) is 0 Å². The maximum Gasteiger partial charge on any atom is 0.114 e. The molecular formula is C5H11FN2. The van der Waals surface area contributed by atoms with E-state index in [2.05, 4.69) is 5.32 Å². The lowest BCUT2D eigenvalue weighted by Gasteiger charge is -2.02. The van der Waals surface area contributed by atoms with Crippen LogP contribution in [0, 0.1) is 0 Å². The van der Waals surface area contributed by atoms with Crippen molar-refractivity contribution in [2.45, 2.75) is 18.6 Å². The molecular weight excluding hydrogens is 107 g/mol. The Hall–Kier alpha value is -0.150. The summed E-state index contributed by atoms with van der Waals surface area (Å²) in [6.45, 7) is 1.04. The average molecular weight is 118 g/mol. The maximum atomic E-state index is 12.2.